The van der Waals surface area contributed by atoms with Gasteiger partial charge in [0, 0.05) is 6.42 Å². The summed E-state index contributed by atoms with van der Waals surface area (Å²) in [6.45, 7) is 2.10. The summed E-state index contributed by atoms with van der Waals surface area (Å²) in [6.07, 6.45) is 5.15. The van der Waals surface area contributed by atoms with Crippen LogP contribution in [0.25, 0.3) is 0 Å². The maximum Gasteiger partial charge on any atom is 0.240 e. The van der Waals surface area contributed by atoms with E-state index in [-0.39, 0.29) is 5.91 Å². The van der Waals surface area contributed by atoms with Gasteiger partial charge in [-0.2, -0.15) is 5.10 Å². The predicted octanol–water partition coefficient (Wildman–Crippen LogP) is 2.73. The molecule has 0 atom stereocenters. The molecule has 0 aliphatic heterocycles. The van der Waals surface area contributed by atoms with E-state index in [9.17, 15) is 4.79 Å². The molecule has 1 aromatic carbocycles. The zero-order valence-corrected chi connectivity index (χ0v) is 12.3. The summed E-state index contributed by atoms with van der Waals surface area (Å²) in [5.41, 5.74) is 3.34. The van der Waals surface area contributed by atoms with Crippen molar-refractivity contribution in [1.82, 2.24) is 5.43 Å². The lowest BCUT2D eigenvalue weighted by atomic mass is 10.2. The summed E-state index contributed by atoms with van der Waals surface area (Å²) in [6, 6.07) is 5.43. The van der Waals surface area contributed by atoms with Crippen molar-refractivity contribution >= 4 is 12.1 Å². The Labute approximate surface area is 120 Å². The number of hydrogen-bond acceptors (Lipinski definition) is 4. The van der Waals surface area contributed by atoms with Crippen molar-refractivity contribution in [2.45, 2.75) is 32.6 Å². The molecule has 5 heteroatoms. The standard InChI is InChI=1S/C15H22N2O3/c1-4-5-6-7-15(18)17-16-11-12-8-9-13(19-2)14(10-12)20-3/h8-11H,4-7H2,1-3H3,(H,17,18)/b16-11-. The number of rotatable bonds is 8. The lowest BCUT2D eigenvalue weighted by Crippen LogP contribution is -2.16. The number of nitrogens with one attached hydrogen (secondary N) is 1. The second-order valence-corrected chi connectivity index (χ2v) is 4.36. The molecule has 110 valence electrons. The van der Waals surface area contributed by atoms with Gasteiger partial charge in [0.2, 0.25) is 5.91 Å². The fourth-order valence-corrected chi connectivity index (χ4v) is 1.70. The normalized spacial score (nSPS) is 10.6. The van der Waals surface area contributed by atoms with Crippen molar-refractivity contribution in [1.29, 1.82) is 0 Å². The molecule has 1 aromatic rings. The van der Waals surface area contributed by atoms with Crippen LogP contribution in [0.1, 0.15) is 38.2 Å². The summed E-state index contributed by atoms with van der Waals surface area (Å²) in [4.78, 5) is 11.5. The average molecular weight is 278 g/mol. The highest BCUT2D eigenvalue weighted by atomic mass is 16.5. The Balaban J connectivity index is 2.51. The Hall–Kier alpha value is -2.04. The fourth-order valence-electron chi connectivity index (χ4n) is 1.70. The largest absolute Gasteiger partial charge is 0.493 e. The average Bonchev–Trinajstić information content (AvgIpc) is 2.47. The van der Waals surface area contributed by atoms with Gasteiger partial charge in [0.15, 0.2) is 11.5 Å². The number of hydrazone groups is 1. The van der Waals surface area contributed by atoms with Crippen LogP contribution in [-0.4, -0.2) is 26.3 Å². The van der Waals surface area contributed by atoms with Crippen LogP contribution in [0, 0.1) is 0 Å². The Morgan fingerprint density at radius 2 is 2.00 bits per heavy atom. The highest BCUT2D eigenvalue weighted by molar-refractivity contribution is 5.83. The van der Waals surface area contributed by atoms with Gasteiger partial charge in [-0.1, -0.05) is 19.8 Å². The molecule has 0 saturated heterocycles. The zero-order valence-electron chi connectivity index (χ0n) is 12.3. The van der Waals surface area contributed by atoms with Crippen molar-refractivity contribution in [2.75, 3.05) is 14.2 Å². The number of nitrogens with zero attached hydrogens (tertiary/aromatic N) is 1. The Morgan fingerprint density at radius 3 is 2.65 bits per heavy atom. The maximum absolute atomic E-state index is 11.5. The SMILES string of the molecule is CCCCCC(=O)N/N=C\c1ccc(OC)c(OC)c1. The first-order valence-electron chi connectivity index (χ1n) is 6.75. The predicted molar refractivity (Wildman–Crippen MR) is 79.4 cm³/mol. The van der Waals surface area contributed by atoms with Gasteiger partial charge in [0.1, 0.15) is 0 Å². The summed E-state index contributed by atoms with van der Waals surface area (Å²) < 4.78 is 10.3. The summed E-state index contributed by atoms with van der Waals surface area (Å²) in [5, 5.41) is 3.93. The van der Waals surface area contributed by atoms with E-state index >= 15 is 0 Å². The Morgan fingerprint density at radius 1 is 1.25 bits per heavy atom. The number of benzene rings is 1. The van der Waals surface area contributed by atoms with E-state index in [4.69, 9.17) is 9.47 Å². The molecule has 0 spiro atoms. The van der Waals surface area contributed by atoms with Crippen LogP contribution in [0.4, 0.5) is 0 Å². The van der Waals surface area contributed by atoms with Gasteiger partial charge in [0.05, 0.1) is 20.4 Å². The number of ether oxygens (including phenoxy) is 2. The number of unbranched alkanes of at least 4 members (excludes halogenated alkanes) is 2. The molecule has 0 heterocycles. The van der Waals surface area contributed by atoms with Crippen LogP contribution in [0.15, 0.2) is 23.3 Å². The summed E-state index contributed by atoms with van der Waals surface area (Å²) in [5.74, 6) is 1.23. The third-order valence-electron chi connectivity index (χ3n) is 2.82. The molecule has 0 aliphatic carbocycles. The number of hydrogen-bond donors (Lipinski definition) is 1. The molecule has 1 N–H and O–H groups in total. The second-order valence-electron chi connectivity index (χ2n) is 4.36. The van der Waals surface area contributed by atoms with Gasteiger partial charge in [-0.3, -0.25) is 4.79 Å². The lowest BCUT2D eigenvalue weighted by molar-refractivity contribution is -0.121. The van der Waals surface area contributed by atoms with Crippen LogP contribution >= 0.6 is 0 Å². The van der Waals surface area contributed by atoms with E-state index in [0.29, 0.717) is 17.9 Å². The van der Waals surface area contributed by atoms with Gasteiger partial charge >= 0.3 is 0 Å². The van der Waals surface area contributed by atoms with E-state index in [1.165, 1.54) is 0 Å². The molecule has 0 fully saturated rings. The third kappa shape index (κ3) is 5.30. The molecule has 5 nitrogen and oxygen atoms in total. The van der Waals surface area contributed by atoms with E-state index in [2.05, 4.69) is 17.5 Å². The van der Waals surface area contributed by atoms with Crippen LogP contribution < -0.4 is 14.9 Å². The molecule has 1 rings (SSSR count). The first-order valence-corrected chi connectivity index (χ1v) is 6.75. The topological polar surface area (TPSA) is 59.9 Å². The number of methoxy groups -OCH3 is 2. The first kappa shape index (κ1) is 16.0. The van der Waals surface area contributed by atoms with Gasteiger partial charge in [0.25, 0.3) is 0 Å². The highest BCUT2D eigenvalue weighted by Gasteiger charge is 2.03. The molecule has 0 unspecified atom stereocenters. The van der Waals surface area contributed by atoms with Crippen molar-refractivity contribution in [3.8, 4) is 11.5 Å². The fraction of sp³-hybridized carbons (Fsp3) is 0.467. The van der Waals surface area contributed by atoms with Crippen molar-refractivity contribution in [3.05, 3.63) is 23.8 Å². The molecule has 0 saturated carbocycles. The molecular formula is C15H22N2O3. The van der Waals surface area contributed by atoms with Gasteiger partial charge in [-0.15, -0.1) is 0 Å². The summed E-state index contributed by atoms with van der Waals surface area (Å²) in [7, 11) is 3.16. The van der Waals surface area contributed by atoms with Crippen LogP contribution in [0.2, 0.25) is 0 Å². The molecule has 20 heavy (non-hydrogen) atoms. The third-order valence-corrected chi connectivity index (χ3v) is 2.82. The molecule has 0 aliphatic rings. The van der Waals surface area contributed by atoms with E-state index in [0.717, 1.165) is 24.8 Å². The van der Waals surface area contributed by atoms with Crippen LogP contribution in [-0.2, 0) is 4.79 Å². The smallest absolute Gasteiger partial charge is 0.240 e. The van der Waals surface area contributed by atoms with Gasteiger partial charge in [-0.25, -0.2) is 5.43 Å². The van der Waals surface area contributed by atoms with Gasteiger partial charge in [-0.05, 0) is 30.2 Å². The first-order chi connectivity index (χ1) is 9.71. The van der Waals surface area contributed by atoms with Crippen LogP contribution in [0.3, 0.4) is 0 Å². The van der Waals surface area contributed by atoms with Crippen molar-refractivity contribution in [2.24, 2.45) is 5.10 Å². The lowest BCUT2D eigenvalue weighted by Gasteiger charge is -2.07. The summed E-state index contributed by atoms with van der Waals surface area (Å²) >= 11 is 0. The molecule has 1 amide bonds. The minimum atomic E-state index is -0.0600. The second kappa shape index (κ2) is 8.96. The van der Waals surface area contributed by atoms with Crippen molar-refractivity contribution in [3.63, 3.8) is 0 Å². The number of carbonyl (C=O) groups is 1. The molecule has 0 aromatic heterocycles. The minimum absolute atomic E-state index is 0.0600. The Kier molecular flexibility index (Phi) is 7.17. The number of carbonyl (C=O) groups excluding carboxylic acids is 1. The molecule has 0 radical (unpaired) electrons. The molecular weight excluding hydrogens is 256 g/mol. The van der Waals surface area contributed by atoms with Crippen LogP contribution in [0.5, 0.6) is 11.5 Å². The highest BCUT2D eigenvalue weighted by Crippen LogP contribution is 2.26. The maximum atomic E-state index is 11.5. The quantitative estimate of drug-likeness (QED) is 0.452. The van der Waals surface area contributed by atoms with E-state index in [1.807, 2.05) is 6.07 Å². The van der Waals surface area contributed by atoms with E-state index < -0.39 is 0 Å². The van der Waals surface area contributed by atoms with Crippen molar-refractivity contribution < 1.29 is 14.3 Å². The zero-order chi connectivity index (χ0) is 14.8. The Bertz CT molecular complexity index is 458. The molecule has 0 bridgehead atoms. The number of amides is 1. The van der Waals surface area contributed by atoms with E-state index in [1.54, 1.807) is 32.6 Å². The minimum Gasteiger partial charge on any atom is -0.493 e. The van der Waals surface area contributed by atoms with Gasteiger partial charge < -0.3 is 9.47 Å². The monoisotopic (exact) mass is 278 g/mol.